The molecule has 0 aliphatic carbocycles. The zero-order chi connectivity index (χ0) is 15.4. The van der Waals surface area contributed by atoms with Crippen LogP contribution in [0.15, 0.2) is 60.7 Å². The number of benzene rings is 2. The quantitative estimate of drug-likeness (QED) is 0.781. The molecule has 0 heterocycles. The molecule has 0 N–H and O–H groups in total. The molecule has 0 aromatic heterocycles. The Labute approximate surface area is 124 Å². The first-order valence-corrected chi connectivity index (χ1v) is 6.75. The third-order valence-corrected chi connectivity index (χ3v) is 1.88. The third kappa shape index (κ3) is 11.5. The highest BCUT2D eigenvalue weighted by Gasteiger charge is 1.91. The lowest BCUT2D eigenvalue weighted by Crippen LogP contribution is -1.99. The van der Waals surface area contributed by atoms with Gasteiger partial charge in [-0.05, 0) is 53.4 Å². The summed E-state index contributed by atoms with van der Waals surface area (Å²) < 4.78 is 0. The second-order valence-corrected chi connectivity index (χ2v) is 5.42. The molecule has 110 valence electrons. The van der Waals surface area contributed by atoms with Crippen molar-refractivity contribution in [1.82, 2.24) is 9.80 Å². The Morgan fingerprint density at radius 3 is 0.850 bits per heavy atom. The minimum atomic E-state index is 1.28. The second-order valence-electron chi connectivity index (χ2n) is 5.42. The monoisotopic (exact) mass is 272 g/mol. The maximum atomic E-state index is 2.12. The van der Waals surface area contributed by atoms with Crippen LogP contribution in [0.1, 0.15) is 0 Å². The van der Waals surface area contributed by atoms with Gasteiger partial charge in [0, 0.05) is 0 Å². The highest BCUT2D eigenvalue weighted by atomic mass is 15.0. The van der Waals surface area contributed by atoms with E-state index in [9.17, 15) is 0 Å². The fourth-order valence-corrected chi connectivity index (χ4v) is 1.26. The molecule has 0 saturated heterocycles. The van der Waals surface area contributed by atoms with Gasteiger partial charge in [-0.1, -0.05) is 60.7 Å². The molecule has 0 aliphatic rings. The molecular weight excluding hydrogens is 244 g/mol. The van der Waals surface area contributed by atoms with E-state index in [0.29, 0.717) is 0 Å². The van der Waals surface area contributed by atoms with Gasteiger partial charge >= 0.3 is 0 Å². The van der Waals surface area contributed by atoms with Crippen LogP contribution in [0, 0.1) is 0 Å². The van der Waals surface area contributed by atoms with Crippen molar-refractivity contribution >= 4 is 0 Å². The molecule has 2 heteroatoms. The molecular formula is C18H28N2. The summed E-state index contributed by atoms with van der Waals surface area (Å²) >= 11 is 0. The molecule has 0 saturated carbocycles. The van der Waals surface area contributed by atoms with Crippen LogP contribution >= 0.6 is 0 Å². The van der Waals surface area contributed by atoms with E-state index in [1.54, 1.807) is 0 Å². The van der Waals surface area contributed by atoms with Crippen molar-refractivity contribution in [1.29, 1.82) is 0 Å². The van der Waals surface area contributed by atoms with Gasteiger partial charge in [0.1, 0.15) is 0 Å². The summed E-state index contributed by atoms with van der Waals surface area (Å²) in [7, 11) is 12.0. The largest absolute Gasteiger partial charge is 0.312 e. The van der Waals surface area contributed by atoms with Crippen LogP contribution in [0.5, 0.6) is 0 Å². The first-order valence-electron chi connectivity index (χ1n) is 6.75. The van der Waals surface area contributed by atoms with E-state index in [1.807, 2.05) is 64.2 Å². The van der Waals surface area contributed by atoms with Gasteiger partial charge in [0.05, 0.1) is 0 Å². The van der Waals surface area contributed by atoms with E-state index in [-0.39, 0.29) is 0 Å². The van der Waals surface area contributed by atoms with Crippen molar-refractivity contribution < 1.29 is 0 Å². The minimum absolute atomic E-state index is 1.28. The summed E-state index contributed by atoms with van der Waals surface area (Å²) in [6, 6.07) is 20.8. The molecule has 0 aliphatic heterocycles. The lowest BCUT2D eigenvalue weighted by molar-refractivity contribution is 0.505. The first kappa shape index (κ1) is 18.4. The van der Waals surface area contributed by atoms with Crippen molar-refractivity contribution in [3.8, 4) is 11.1 Å². The van der Waals surface area contributed by atoms with E-state index in [1.165, 1.54) is 11.1 Å². The Balaban J connectivity index is 0.000000380. The predicted octanol–water partition coefficient (Wildman–Crippen LogP) is 3.71. The zero-order valence-electron chi connectivity index (χ0n) is 13.7. The standard InChI is InChI=1S/C12H10.2C3H9N/c1-3-7-11(8-4-1)12-9-5-2-6-10-12;2*1-4(2)3/h1-10H;2*1-3H3. The Hall–Kier alpha value is -1.64. The van der Waals surface area contributed by atoms with Crippen molar-refractivity contribution in [2.45, 2.75) is 0 Å². The van der Waals surface area contributed by atoms with Gasteiger partial charge in [-0.15, -0.1) is 0 Å². The van der Waals surface area contributed by atoms with E-state index in [4.69, 9.17) is 0 Å². The van der Waals surface area contributed by atoms with E-state index in [2.05, 4.69) is 48.5 Å². The third-order valence-electron chi connectivity index (χ3n) is 1.88. The smallest absolute Gasteiger partial charge is 0.0140 e. The Kier molecular flexibility index (Phi) is 10.3. The maximum Gasteiger partial charge on any atom is -0.0140 e. The number of hydrogen-bond donors (Lipinski definition) is 0. The first-order chi connectivity index (χ1) is 9.43. The molecule has 0 fully saturated rings. The van der Waals surface area contributed by atoms with Crippen LogP contribution in [-0.4, -0.2) is 52.1 Å². The molecule has 2 aromatic rings. The molecule has 0 atom stereocenters. The van der Waals surface area contributed by atoms with Gasteiger partial charge in [-0.3, -0.25) is 0 Å². The van der Waals surface area contributed by atoms with Crippen LogP contribution in [0.2, 0.25) is 0 Å². The number of hydrogen-bond acceptors (Lipinski definition) is 2. The van der Waals surface area contributed by atoms with E-state index >= 15 is 0 Å². The molecule has 0 radical (unpaired) electrons. The fourth-order valence-electron chi connectivity index (χ4n) is 1.26. The van der Waals surface area contributed by atoms with Crippen LogP contribution < -0.4 is 0 Å². The van der Waals surface area contributed by atoms with E-state index in [0.717, 1.165) is 0 Å². The second kappa shape index (κ2) is 11.2. The molecule has 0 bridgehead atoms. The molecule has 2 aromatic carbocycles. The molecule has 0 amide bonds. The minimum Gasteiger partial charge on any atom is -0.312 e. The lowest BCUT2D eigenvalue weighted by Gasteiger charge is -1.98. The summed E-state index contributed by atoms with van der Waals surface area (Å²) in [4.78, 5) is 4.00. The van der Waals surface area contributed by atoms with Crippen LogP contribution in [0.25, 0.3) is 11.1 Å². The Morgan fingerprint density at radius 2 is 0.650 bits per heavy atom. The summed E-state index contributed by atoms with van der Waals surface area (Å²) in [5.41, 5.74) is 2.55. The molecule has 2 nitrogen and oxygen atoms in total. The average molecular weight is 272 g/mol. The normalized spacial score (nSPS) is 9.40. The molecule has 2 rings (SSSR count). The number of nitrogens with zero attached hydrogens (tertiary/aromatic N) is 2. The van der Waals surface area contributed by atoms with Gasteiger partial charge in [-0.2, -0.15) is 0 Å². The zero-order valence-corrected chi connectivity index (χ0v) is 13.7. The van der Waals surface area contributed by atoms with E-state index < -0.39 is 0 Å². The Bertz CT molecular complexity index is 373. The molecule has 0 spiro atoms. The highest BCUT2D eigenvalue weighted by Crippen LogP contribution is 2.17. The summed E-state index contributed by atoms with van der Waals surface area (Å²) in [5.74, 6) is 0. The van der Waals surface area contributed by atoms with Crippen molar-refractivity contribution in [3.63, 3.8) is 0 Å². The Morgan fingerprint density at radius 1 is 0.450 bits per heavy atom. The average Bonchev–Trinajstić information content (AvgIpc) is 2.39. The van der Waals surface area contributed by atoms with Gasteiger partial charge in [0.25, 0.3) is 0 Å². The number of rotatable bonds is 1. The highest BCUT2D eigenvalue weighted by molar-refractivity contribution is 5.62. The van der Waals surface area contributed by atoms with Crippen LogP contribution in [0.3, 0.4) is 0 Å². The van der Waals surface area contributed by atoms with Crippen LogP contribution in [-0.2, 0) is 0 Å². The summed E-state index contributed by atoms with van der Waals surface area (Å²) in [5, 5.41) is 0. The van der Waals surface area contributed by atoms with Crippen molar-refractivity contribution in [2.75, 3.05) is 42.3 Å². The SMILES string of the molecule is CN(C)C.CN(C)C.c1ccc(-c2ccccc2)cc1. The van der Waals surface area contributed by atoms with Gasteiger partial charge < -0.3 is 9.80 Å². The van der Waals surface area contributed by atoms with Gasteiger partial charge in [0.2, 0.25) is 0 Å². The van der Waals surface area contributed by atoms with Crippen LogP contribution in [0.4, 0.5) is 0 Å². The van der Waals surface area contributed by atoms with Gasteiger partial charge in [-0.25, -0.2) is 0 Å². The van der Waals surface area contributed by atoms with Crippen molar-refractivity contribution in [3.05, 3.63) is 60.7 Å². The van der Waals surface area contributed by atoms with Gasteiger partial charge in [0.15, 0.2) is 0 Å². The summed E-state index contributed by atoms with van der Waals surface area (Å²) in [6.07, 6.45) is 0. The fraction of sp³-hybridized carbons (Fsp3) is 0.333. The molecule has 20 heavy (non-hydrogen) atoms. The maximum absolute atomic E-state index is 2.12. The molecule has 0 unspecified atom stereocenters. The van der Waals surface area contributed by atoms with Crippen molar-refractivity contribution in [2.24, 2.45) is 0 Å². The topological polar surface area (TPSA) is 6.48 Å². The lowest BCUT2D eigenvalue weighted by atomic mass is 10.1. The predicted molar refractivity (Wildman–Crippen MR) is 91.1 cm³/mol. The summed E-state index contributed by atoms with van der Waals surface area (Å²) in [6.45, 7) is 0.